The van der Waals surface area contributed by atoms with Gasteiger partial charge in [-0.05, 0) is 29.5 Å². The van der Waals surface area contributed by atoms with Gasteiger partial charge in [0, 0.05) is 12.6 Å². The summed E-state index contributed by atoms with van der Waals surface area (Å²) in [5.41, 5.74) is 5.55. The fraction of sp³-hybridized carbons (Fsp3) is 0.118. The normalized spacial score (nSPS) is 13.1. The van der Waals surface area contributed by atoms with Gasteiger partial charge in [0.15, 0.2) is 11.4 Å². The zero-order chi connectivity index (χ0) is 13.3. The van der Waals surface area contributed by atoms with Crippen LogP contribution in [0.2, 0.25) is 0 Å². The average molecular weight is 277 g/mol. The zero-order valence-corrected chi connectivity index (χ0v) is 11.9. The fourth-order valence-electron chi connectivity index (χ4n) is 3.36. The number of hydrogen-bond donors (Lipinski definition) is 0. The molecule has 3 heterocycles. The van der Waals surface area contributed by atoms with Crippen LogP contribution in [0.5, 0.6) is 0 Å². The first-order valence-corrected chi connectivity index (χ1v) is 7.64. The minimum Gasteiger partial charge on any atom is -0.330 e. The van der Waals surface area contributed by atoms with Crippen LogP contribution < -0.4 is 4.57 Å². The van der Waals surface area contributed by atoms with E-state index in [-0.39, 0.29) is 0 Å². The first-order valence-electron chi connectivity index (χ1n) is 6.82. The van der Waals surface area contributed by atoms with E-state index >= 15 is 0 Å². The lowest BCUT2D eigenvalue weighted by Crippen LogP contribution is -2.30. The molecule has 0 atom stereocenters. The zero-order valence-electron chi connectivity index (χ0n) is 11.1. The Morgan fingerprint density at radius 2 is 1.85 bits per heavy atom. The summed E-state index contributed by atoms with van der Waals surface area (Å²) in [6.07, 6.45) is 0. The monoisotopic (exact) mass is 277 g/mol. The molecule has 20 heavy (non-hydrogen) atoms. The molecule has 2 nitrogen and oxygen atoms in total. The highest BCUT2D eigenvalue weighted by molar-refractivity contribution is 7.21. The summed E-state index contributed by atoms with van der Waals surface area (Å²) in [5.74, 6) is 0. The largest absolute Gasteiger partial charge is 0.330 e. The summed E-state index contributed by atoms with van der Waals surface area (Å²) >= 11 is 1.91. The summed E-state index contributed by atoms with van der Waals surface area (Å²) in [7, 11) is 2.17. The number of aromatic nitrogens is 2. The minimum atomic E-state index is 1.000. The van der Waals surface area contributed by atoms with Gasteiger partial charge in [-0.25, -0.2) is 0 Å². The number of aryl methyl sites for hydroxylation is 1. The van der Waals surface area contributed by atoms with Crippen molar-refractivity contribution in [3.63, 3.8) is 0 Å². The summed E-state index contributed by atoms with van der Waals surface area (Å²) in [4.78, 5) is 1.37. The lowest BCUT2D eigenvalue weighted by atomic mass is 10.1. The second kappa shape index (κ2) is 3.49. The minimum absolute atomic E-state index is 1.000. The second-order valence-corrected chi connectivity index (χ2v) is 6.36. The van der Waals surface area contributed by atoms with Gasteiger partial charge < -0.3 is 4.57 Å². The molecule has 0 unspecified atom stereocenters. The van der Waals surface area contributed by atoms with Gasteiger partial charge in [-0.3, -0.25) is 0 Å². The topological polar surface area (TPSA) is 8.81 Å². The molecule has 0 fully saturated rings. The van der Waals surface area contributed by atoms with E-state index in [9.17, 15) is 0 Å². The Labute approximate surface area is 120 Å². The highest BCUT2D eigenvalue weighted by Gasteiger charge is 2.34. The molecule has 0 radical (unpaired) electrons. The number of fused-ring (bicyclic) bond motifs is 7. The number of hydrogen-bond acceptors (Lipinski definition) is 1. The summed E-state index contributed by atoms with van der Waals surface area (Å²) in [6, 6.07) is 17.4. The van der Waals surface area contributed by atoms with Crippen molar-refractivity contribution in [2.24, 2.45) is 7.05 Å². The highest BCUT2D eigenvalue weighted by Crippen LogP contribution is 2.38. The Morgan fingerprint density at radius 3 is 2.80 bits per heavy atom. The van der Waals surface area contributed by atoms with Crippen LogP contribution in [0.4, 0.5) is 0 Å². The van der Waals surface area contributed by atoms with Crippen molar-refractivity contribution in [2.75, 3.05) is 0 Å². The molecule has 0 saturated carbocycles. The summed E-state index contributed by atoms with van der Waals surface area (Å²) in [6.45, 7) is 1.000. The van der Waals surface area contributed by atoms with Crippen LogP contribution in [0.15, 0.2) is 48.5 Å². The van der Waals surface area contributed by atoms with E-state index < -0.39 is 0 Å². The molecule has 1 aliphatic rings. The molecule has 0 N–H and O–H groups in total. The van der Waals surface area contributed by atoms with Crippen molar-refractivity contribution in [3.05, 3.63) is 54.1 Å². The standard InChI is InChI=1S/C17H13N2S/c1-18-14-9-5-4-8-13(14)15-17(18)20-16-12-7-3-2-6-11(12)10-19(15)16/h2-9H,10H2,1H3/q+1. The quantitative estimate of drug-likeness (QED) is 0.382. The molecule has 96 valence electrons. The third-order valence-corrected chi connectivity index (χ3v) is 5.61. The van der Waals surface area contributed by atoms with Gasteiger partial charge in [0.2, 0.25) is 0 Å². The Hall–Kier alpha value is -2.13. The lowest BCUT2D eigenvalue weighted by Gasteiger charge is -1.94. The van der Waals surface area contributed by atoms with E-state index in [1.165, 1.54) is 37.4 Å². The van der Waals surface area contributed by atoms with E-state index in [1.54, 1.807) is 0 Å². The molecule has 2 aromatic carbocycles. The van der Waals surface area contributed by atoms with Crippen molar-refractivity contribution in [1.29, 1.82) is 0 Å². The summed E-state index contributed by atoms with van der Waals surface area (Å²) in [5, 5.41) is 2.76. The predicted molar refractivity (Wildman–Crippen MR) is 83.0 cm³/mol. The van der Waals surface area contributed by atoms with Crippen molar-refractivity contribution in [1.82, 2.24) is 4.57 Å². The third kappa shape index (κ3) is 1.12. The van der Waals surface area contributed by atoms with Gasteiger partial charge in [0.25, 0.3) is 10.5 Å². The van der Waals surface area contributed by atoms with E-state index in [0.717, 1.165) is 6.54 Å². The molecule has 0 amide bonds. The molecule has 0 bridgehead atoms. The summed E-state index contributed by atoms with van der Waals surface area (Å²) < 4.78 is 4.80. The number of benzene rings is 2. The molecular formula is C17H13N2S+. The maximum absolute atomic E-state index is 2.48. The van der Waals surface area contributed by atoms with Gasteiger partial charge in [0.1, 0.15) is 0 Å². The van der Waals surface area contributed by atoms with E-state index in [4.69, 9.17) is 0 Å². The Morgan fingerprint density at radius 1 is 1.05 bits per heavy atom. The lowest BCUT2D eigenvalue weighted by molar-refractivity contribution is -0.641. The van der Waals surface area contributed by atoms with E-state index in [1.807, 2.05) is 11.3 Å². The molecule has 3 heteroatoms. The maximum Gasteiger partial charge on any atom is 0.272 e. The third-order valence-electron chi connectivity index (χ3n) is 4.31. The van der Waals surface area contributed by atoms with Gasteiger partial charge in [-0.2, -0.15) is 4.57 Å². The van der Waals surface area contributed by atoms with Crippen LogP contribution >= 0.6 is 11.3 Å². The van der Waals surface area contributed by atoms with E-state index in [0.29, 0.717) is 0 Å². The first-order chi connectivity index (χ1) is 9.84. The van der Waals surface area contributed by atoms with Crippen LogP contribution in [0, 0.1) is 0 Å². The van der Waals surface area contributed by atoms with Crippen molar-refractivity contribution < 1.29 is 4.57 Å². The van der Waals surface area contributed by atoms with Crippen LogP contribution in [-0.4, -0.2) is 4.57 Å². The molecule has 0 saturated heterocycles. The Balaban J connectivity index is 1.97. The van der Waals surface area contributed by atoms with Crippen LogP contribution in [0.3, 0.4) is 0 Å². The number of nitrogens with zero attached hydrogens (tertiary/aromatic N) is 2. The van der Waals surface area contributed by atoms with Crippen molar-refractivity contribution >= 4 is 32.6 Å². The van der Waals surface area contributed by atoms with Crippen molar-refractivity contribution in [3.8, 4) is 10.6 Å². The predicted octanol–water partition coefficient (Wildman–Crippen LogP) is 3.71. The second-order valence-electron chi connectivity index (χ2n) is 5.38. The molecule has 0 spiro atoms. The molecule has 5 rings (SSSR count). The number of thiazole rings is 1. The van der Waals surface area contributed by atoms with Gasteiger partial charge in [-0.1, -0.05) is 30.3 Å². The first kappa shape index (κ1) is 10.6. The van der Waals surface area contributed by atoms with Gasteiger partial charge in [0.05, 0.1) is 16.5 Å². The number of para-hydroxylation sites is 1. The molecule has 4 aromatic rings. The highest BCUT2D eigenvalue weighted by atomic mass is 32.1. The van der Waals surface area contributed by atoms with Crippen LogP contribution in [0.25, 0.3) is 31.8 Å². The Kier molecular flexibility index (Phi) is 1.86. The number of rotatable bonds is 0. The van der Waals surface area contributed by atoms with Crippen molar-refractivity contribution in [2.45, 2.75) is 6.54 Å². The maximum atomic E-state index is 2.48. The average Bonchev–Trinajstić information content (AvgIpc) is 3.09. The smallest absolute Gasteiger partial charge is 0.272 e. The molecule has 1 aliphatic heterocycles. The molecular weight excluding hydrogens is 264 g/mol. The van der Waals surface area contributed by atoms with Gasteiger partial charge >= 0.3 is 0 Å². The van der Waals surface area contributed by atoms with Crippen LogP contribution in [0.1, 0.15) is 5.56 Å². The van der Waals surface area contributed by atoms with Crippen LogP contribution in [-0.2, 0) is 13.6 Å². The fourth-order valence-corrected chi connectivity index (χ4v) is 4.67. The molecule has 0 aliphatic carbocycles. The Bertz CT molecular complexity index is 991. The van der Waals surface area contributed by atoms with Gasteiger partial charge in [-0.15, -0.1) is 0 Å². The molecule has 2 aromatic heterocycles. The SMILES string of the molecule is Cn1c2ccccc2c2c1sc1[n+]2Cc2ccccc2-1. The van der Waals surface area contributed by atoms with E-state index in [2.05, 4.69) is 64.7 Å².